The molecule has 0 atom stereocenters. The van der Waals surface area contributed by atoms with E-state index in [9.17, 15) is 9.59 Å². The number of amides is 1. The molecular weight excluding hydrogens is 334 g/mol. The van der Waals surface area contributed by atoms with Crippen molar-refractivity contribution in [2.24, 2.45) is 0 Å². The van der Waals surface area contributed by atoms with Crippen molar-refractivity contribution in [1.29, 1.82) is 0 Å². The van der Waals surface area contributed by atoms with Crippen LogP contribution in [0.2, 0.25) is 0 Å². The average molecular weight is 361 g/mol. The second kappa shape index (κ2) is 8.69. The van der Waals surface area contributed by atoms with Gasteiger partial charge in [-0.1, -0.05) is 0 Å². The highest BCUT2D eigenvalue weighted by atomic mass is 16.6. The Hall–Kier alpha value is -2.57. The number of esters is 1. The maximum absolute atomic E-state index is 12.1. The maximum atomic E-state index is 12.1. The van der Waals surface area contributed by atoms with Gasteiger partial charge in [-0.2, -0.15) is 0 Å². The van der Waals surface area contributed by atoms with E-state index in [1.54, 1.807) is 24.1 Å². The molecule has 7 heteroatoms. The molecule has 0 N–H and O–H groups in total. The number of carbonyl (C=O) groups excluding carboxylic acids is 2. The van der Waals surface area contributed by atoms with E-state index in [0.29, 0.717) is 32.8 Å². The van der Waals surface area contributed by atoms with E-state index in [4.69, 9.17) is 9.47 Å². The molecule has 2 heterocycles. The van der Waals surface area contributed by atoms with Crippen molar-refractivity contribution in [2.45, 2.75) is 33.3 Å². The van der Waals surface area contributed by atoms with Crippen molar-refractivity contribution < 1.29 is 19.1 Å². The molecule has 0 unspecified atom stereocenters. The summed E-state index contributed by atoms with van der Waals surface area (Å²) in [6.07, 6.45) is 4.50. The van der Waals surface area contributed by atoms with E-state index in [1.165, 1.54) is 6.08 Å². The van der Waals surface area contributed by atoms with Gasteiger partial charge >= 0.3 is 12.1 Å². The Labute approximate surface area is 154 Å². The predicted molar refractivity (Wildman–Crippen MR) is 99.9 cm³/mol. The lowest BCUT2D eigenvalue weighted by molar-refractivity contribution is -0.137. The Bertz CT molecular complexity index is 642. The first-order chi connectivity index (χ1) is 12.3. The third-order valence-electron chi connectivity index (χ3n) is 3.72. The summed E-state index contributed by atoms with van der Waals surface area (Å²) >= 11 is 0. The van der Waals surface area contributed by atoms with Crippen LogP contribution in [0, 0.1) is 0 Å². The summed E-state index contributed by atoms with van der Waals surface area (Å²) in [7, 11) is 0. The van der Waals surface area contributed by atoms with Crippen LogP contribution in [0.1, 0.15) is 33.3 Å². The van der Waals surface area contributed by atoms with Gasteiger partial charge in [0.1, 0.15) is 11.4 Å². The Morgan fingerprint density at radius 3 is 2.42 bits per heavy atom. The van der Waals surface area contributed by atoms with Crippen LogP contribution in [0.4, 0.5) is 10.6 Å². The number of piperazine rings is 1. The molecule has 142 valence electrons. The molecule has 0 spiro atoms. The van der Waals surface area contributed by atoms with Gasteiger partial charge in [0.15, 0.2) is 0 Å². The molecule has 1 aromatic heterocycles. The number of aromatic nitrogens is 1. The van der Waals surface area contributed by atoms with Crippen molar-refractivity contribution in [3.8, 4) is 0 Å². The van der Waals surface area contributed by atoms with Gasteiger partial charge < -0.3 is 19.3 Å². The van der Waals surface area contributed by atoms with Gasteiger partial charge in [0, 0.05) is 38.5 Å². The zero-order valence-electron chi connectivity index (χ0n) is 15.9. The molecule has 7 nitrogen and oxygen atoms in total. The monoisotopic (exact) mass is 361 g/mol. The fourth-order valence-corrected chi connectivity index (χ4v) is 2.48. The van der Waals surface area contributed by atoms with Crippen molar-refractivity contribution >= 4 is 24.0 Å². The molecule has 1 aliphatic rings. The summed E-state index contributed by atoms with van der Waals surface area (Å²) in [5, 5.41) is 0. The Morgan fingerprint density at radius 1 is 1.19 bits per heavy atom. The minimum atomic E-state index is -0.483. The minimum Gasteiger partial charge on any atom is -0.463 e. The van der Waals surface area contributed by atoms with Crippen LogP contribution in [0.3, 0.4) is 0 Å². The van der Waals surface area contributed by atoms with Crippen LogP contribution in [0.25, 0.3) is 6.08 Å². The van der Waals surface area contributed by atoms with Gasteiger partial charge in [-0.25, -0.2) is 14.6 Å². The summed E-state index contributed by atoms with van der Waals surface area (Å²) in [5.74, 6) is 0.483. The molecule has 1 saturated heterocycles. The normalized spacial score (nSPS) is 15.2. The molecule has 0 radical (unpaired) electrons. The lowest BCUT2D eigenvalue weighted by Gasteiger charge is -2.36. The standard InChI is InChI=1S/C19H27N3O4/c1-5-25-17(23)9-7-15-6-8-16(20-14-15)21-10-12-22(13-11-21)18(24)26-19(2,3)4/h6-9,14H,5,10-13H2,1-4H3. The van der Waals surface area contributed by atoms with Gasteiger partial charge in [-0.15, -0.1) is 0 Å². The smallest absolute Gasteiger partial charge is 0.410 e. The van der Waals surface area contributed by atoms with Crippen LogP contribution >= 0.6 is 0 Å². The van der Waals surface area contributed by atoms with E-state index in [2.05, 4.69) is 9.88 Å². The Balaban J connectivity index is 1.87. The molecule has 1 aliphatic heterocycles. The molecule has 0 saturated carbocycles. The first kappa shape index (κ1) is 19.8. The quantitative estimate of drug-likeness (QED) is 0.606. The van der Waals surface area contributed by atoms with E-state index >= 15 is 0 Å². The molecule has 1 aromatic rings. The average Bonchev–Trinajstić information content (AvgIpc) is 2.59. The molecule has 0 aromatic carbocycles. The number of carbonyl (C=O) groups is 2. The van der Waals surface area contributed by atoms with E-state index in [1.807, 2.05) is 32.9 Å². The fraction of sp³-hybridized carbons (Fsp3) is 0.526. The molecule has 2 rings (SSSR count). The lowest BCUT2D eigenvalue weighted by atomic mass is 10.2. The Kier molecular flexibility index (Phi) is 6.60. The van der Waals surface area contributed by atoms with Crippen molar-refractivity contribution in [3.05, 3.63) is 30.0 Å². The number of ether oxygens (including phenoxy) is 2. The fourth-order valence-electron chi connectivity index (χ4n) is 2.48. The zero-order valence-corrected chi connectivity index (χ0v) is 15.9. The van der Waals surface area contributed by atoms with Crippen LogP contribution in [0.5, 0.6) is 0 Å². The highest BCUT2D eigenvalue weighted by molar-refractivity contribution is 5.87. The third kappa shape index (κ3) is 6.06. The third-order valence-corrected chi connectivity index (χ3v) is 3.72. The minimum absolute atomic E-state index is 0.274. The van der Waals surface area contributed by atoms with Crippen molar-refractivity contribution in [3.63, 3.8) is 0 Å². The largest absolute Gasteiger partial charge is 0.463 e. The second-order valence-electron chi connectivity index (χ2n) is 6.99. The van der Waals surface area contributed by atoms with E-state index < -0.39 is 5.60 Å². The van der Waals surface area contributed by atoms with E-state index in [-0.39, 0.29) is 12.1 Å². The van der Waals surface area contributed by atoms with Gasteiger partial charge in [0.2, 0.25) is 0 Å². The molecule has 1 amide bonds. The van der Waals surface area contributed by atoms with Crippen LogP contribution < -0.4 is 4.90 Å². The number of nitrogens with zero attached hydrogens (tertiary/aromatic N) is 3. The van der Waals surface area contributed by atoms with Crippen LogP contribution in [-0.4, -0.2) is 60.3 Å². The number of hydrogen-bond donors (Lipinski definition) is 0. The summed E-state index contributed by atoms with van der Waals surface area (Å²) in [5.41, 5.74) is 0.344. The SMILES string of the molecule is CCOC(=O)C=Cc1ccc(N2CCN(C(=O)OC(C)(C)C)CC2)nc1. The van der Waals surface area contributed by atoms with Crippen molar-refractivity contribution in [2.75, 3.05) is 37.7 Å². The first-order valence-corrected chi connectivity index (χ1v) is 8.82. The first-order valence-electron chi connectivity index (χ1n) is 8.82. The summed E-state index contributed by atoms with van der Waals surface area (Å²) in [6.45, 7) is 10.3. The van der Waals surface area contributed by atoms with Gasteiger partial charge in [-0.3, -0.25) is 0 Å². The lowest BCUT2D eigenvalue weighted by Crippen LogP contribution is -2.50. The van der Waals surface area contributed by atoms with Gasteiger partial charge in [0.25, 0.3) is 0 Å². The number of hydrogen-bond acceptors (Lipinski definition) is 6. The predicted octanol–water partition coefficient (Wildman–Crippen LogP) is 2.72. The highest BCUT2D eigenvalue weighted by Crippen LogP contribution is 2.16. The summed E-state index contributed by atoms with van der Waals surface area (Å²) in [6, 6.07) is 3.81. The number of pyridine rings is 1. The molecule has 1 fully saturated rings. The molecule has 0 aliphatic carbocycles. The highest BCUT2D eigenvalue weighted by Gasteiger charge is 2.26. The van der Waals surface area contributed by atoms with Gasteiger partial charge in [-0.05, 0) is 51.5 Å². The summed E-state index contributed by atoms with van der Waals surface area (Å²) in [4.78, 5) is 31.7. The van der Waals surface area contributed by atoms with Crippen LogP contribution in [-0.2, 0) is 14.3 Å². The van der Waals surface area contributed by atoms with Gasteiger partial charge in [0.05, 0.1) is 6.61 Å². The van der Waals surface area contributed by atoms with Crippen molar-refractivity contribution in [1.82, 2.24) is 9.88 Å². The van der Waals surface area contributed by atoms with Crippen LogP contribution in [0.15, 0.2) is 24.4 Å². The molecule has 0 bridgehead atoms. The maximum Gasteiger partial charge on any atom is 0.410 e. The topological polar surface area (TPSA) is 72.0 Å². The Morgan fingerprint density at radius 2 is 1.88 bits per heavy atom. The molecule has 26 heavy (non-hydrogen) atoms. The molecular formula is C19H27N3O4. The number of rotatable bonds is 4. The summed E-state index contributed by atoms with van der Waals surface area (Å²) < 4.78 is 10.3. The zero-order chi connectivity index (χ0) is 19.2. The second-order valence-corrected chi connectivity index (χ2v) is 6.99. The van der Waals surface area contributed by atoms with E-state index in [0.717, 1.165) is 11.4 Å². The number of anilines is 1.